The first-order valence-electron chi connectivity index (χ1n) is 11.3. The van der Waals surface area contributed by atoms with Crippen LogP contribution in [0.4, 0.5) is 4.79 Å². The Balaban J connectivity index is 0.00000729. The third kappa shape index (κ3) is 16.6. The van der Waals surface area contributed by atoms with Crippen LogP contribution >= 0.6 is 0 Å². The van der Waals surface area contributed by atoms with Gasteiger partial charge in [0.25, 0.3) is 0 Å². The van der Waals surface area contributed by atoms with Gasteiger partial charge in [-0.05, 0) is 12.0 Å². The summed E-state index contributed by atoms with van der Waals surface area (Å²) in [6, 6.07) is 9.78. The molecule has 0 aromatic heterocycles. The number of hydrogen-bond acceptors (Lipinski definition) is 2. The summed E-state index contributed by atoms with van der Waals surface area (Å²) in [4.78, 5) is 11.6. The molecule has 28 heavy (non-hydrogen) atoms. The van der Waals surface area contributed by atoms with E-state index in [1.807, 2.05) is 30.3 Å². The molecule has 1 rings (SSSR count). The fraction of sp³-hybridized carbons (Fsp3) is 0.708. The van der Waals surface area contributed by atoms with Crippen molar-refractivity contribution in [1.29, 1.82) is 0 Å². The van der Waals surface area contributed by atoms with Crippen molar-refractivity contribution < 1.29 is 15.0 Å². The van der Waals surface area contributed by atoms with E-state index in [0.29, 0.717) is 13.2 Å². The Bertz CT molecular complexity index is 450. The number of carbonyl (C=O) groups excluding carboxylic acids is 1. The first kappa shape index (κ1) is 26.4. The highest BCUT2D eigenvalue weighted by atomic mass is 16.5. The number of carbonyl (C=O) groups is 1. The van der Waals surface area contributed by atoms with E-state index < -0.39 is 0 Å². The molecule has 1 aromatic rings. The Morgan fingerprint density at radius 3 is 1.71 bits per heavy atom. The number of alkyl carbamates (subject to hydrolysis) is 1. The highest BCUT2D eigenvalue weighted by Crippen LogP contribution is 2.12. The van der Waals surface area contributed by atoms with Gasteiger partial charge in [-0.15, -0.1) is 0 Å². The normalized spacial score (nSPS) is 10.3. The number of unbranched alkanes of at least 4 members (excludes halogenated alkanes) is 13. The van der Waals surface area contributed by atoms with Crippen molar-refractivity contribution in [3.05, 3.63) is 35.9 Å². The van der Waals surface area contributed by atoms with Gasteiger partial charge in [0.2, 0.25) is 0 Å². The molecule has 0 aliphatic heterocycles. The maximum Gasteiger partial charge on any atom is 0.407 e. The third-order valence-electron chi connectivity index (χ3n) is 5.01. The minimum atomic E-state index is -0.312. The molecule has 0 aliphatic carbocycles. The minimum absolute atomic E-state index is 0. The smallest absolute Gasteiger partial charge is 0.407 e. The molecular formula is C24H43NO3. The van der Waals surface area contributed by atoms with Crippen molar-refractivity contribution in [1.82, 2.24) is 5.32 Å². The molecule has 0 spiro atoms. The summed E-state index contributed by atoms with van der Waals surface area (Å²) in [5.41, 5.74) is 1.02. The highest BCUT2D eigenvalue weighted by Gasteiger charge is 2.01. The lowest BCUT2D eigenvalue weighted by Gasteiger charge is -2.07. The molecule has 4 nitrogen and oxygen atoms in total. The van der Waals surface area contributed by atoms with Crippen LogP contribution in [0.3, 0.4) is 0 Å². The number of benzene rings is 1. The number of amides is 1. The minimum Gasteiger partial charge on any atom is -0.445 e. The van der Waals surface area contributed by atoms with E-state index in [1.165, 1.54) is 83.5 Å². The van der Waals surface area contributed by atoms with Crippen LogP contribution in [0.2, 0.25) is 0 Å². The maximum atomic E-state index is 11.6. The summed E-state index contributed by atoms with van der Waals surface area (Å²) in [6.45, 7) is 3.33. The van der Waals surface area contributed by atoms with E-state index in [-0.39, 0.29) is 11.6 Å². The predicted octanol–water partition coefficient (Wildman–Crippen LogP) is 6.57. The molecule has 162 valence electrons. The maximum absolute atomic E-state index is 11.6. The van der Waals surface area contributed by atoms with E-state index >= 15 is 0 Å². The Kier molecular flexibility index (Phi) is 19.1. The van der Waals surface area contributed by atoms with Gasteiger partial charge in [-0.3, -0.25) is 0 Å². The first-order valence-corrected chi connectivity index (χ1v) is 11.3. The van der Waals surface area contributed by atoms with Gasteiger partial charge < -0.3 is 15.5 Å². The lowest BCUT2D eigenvalue weighted by Crippen LogP contribution is -2.25. The van der Waals surface area contributed by atoms with Gasteiger partial charge in [-0.25, -0.2) is 4.79 Å². The Morgan fingerprint density at radius 2 is 1.21 bits per heavy atom. The monoisotopic (exact) mass is 393 g/mol. The van der Waals surface area contributed by atoms with Crippen molar-refractivity contribution in [2.75, 3.05) is 6.54 Å². The van der Waals surface area contributed by atoms with Crippen LogP contribution in [-0.2, 0) is 11.3 Å². The summed E-state index contributed by atoms with van der Waals surface area (Å²) in [5.74, 6) is 0. The van der Waals surface area contributed by atoms with Crippen LogP contribution in [0.1, 0.15) is 102 Å². The molecule has 0 saturated carbocycles. The molecule has 4 heteroatoms. The summed E-state index contributed by atoms with van der Waals surface area (Å²) in [5, 5.41) is 2.84. The van der Waals surface area contributed by atoms with E-state index in [9.17, 15) is 4.79 Å². The molecule has 0 fully saturated rings. The summed E-state index contributed by atoms with van der Waals surface area (Å²) >= 11 is 0. The van der Waals surface area contributed by atoms with Gasteiger partial charge in [-0.1, -0.05) is 121 Å². The number of rotatable bonds is 17. The van der Waals surface area contributed by atoms with Crippen molar-refractivity contribution in [2.45, 2.75) is 103 Å². The number of nitrogens with one attached hydrogen (secondary N) is 1. The molecule has 3 N–H and O–H groups in total. The fourth-order valence-corrected chi connectivity index (χ4v) is 3.28. The average Bonchev–Trinajstić information content (AvgIpc) is 2.70. The number of ether oxygens (including phenoxy) is 1. The summed E-state index contributed by atoms with van der Waals surface area (Å²) < 4.78 is 5.20. The first-order chi connectivity index (χ1) is 13.3. The molecule has 0 radical (unpaired) electrons. The van der Waals surface area contributed by atoms with Gasteiger partial charge in [0, 0.05) is 6.54 Å². The summed E-state index contributed by atoms with van der Waals surface area (Å²) in [7, 11) is 0. The third-order valence-corrected chi connectivity index (χ3v) is 5.01. The van der Waals surface area contributed by atoms with Crippen molar-refractivity contribution in [2.24, 2.45) is 0 Å². The largest absolute Gasteiger partial charge is 0.445 e. The van der Waals surface area contributed by atoms with Crippen molar-refractivity contribution >= 4 is 6.09 Å². The molecular weight excluding hydrogens is 350 g/mol. The fourth-order valence-electron chi connectivity index (χ4n) is 3.28. The van der Waals surface area contributed by atoms with Crippen LogP contribution < -0.4 is 5.32 Å². The number of hydrogen-bond donors (Lipinski definition) is 1. The van der Waals surface area contributed by atoms with Crippen LogP contribution in [0, 0.1) is 0 Å². The Morgan fingerprint density at radius 1 is 0.750 bits per heavy atom. The quantitative estimate of drug-likeness (QED) is 0.304. The zero-order valence-corrected chi connectivity index (χ0v) is 18.0. The zero-order valence-electron chi connectivity index (χ0n) is 18.0. The van der Waals surface area contributed by atoms with E-state index in [4.69, 9.17) is 4.74 Å². The zero-order chi connectivity index (χ0) is 19.4. The van der Waals surface area contributed by atoms with Crippen LogP contribution in [-0.4, -0.2) is 18.1 Å². The van der Waals surface area contributed by atoms with Crippen LogP contribution in [0.25, 0.3) is 0 Å². The molecule has 1 aromatic carbocycles. The second kappa shape index (κ2) is 20.2. The van der Waals surface area contributed by atoms with Crippen molar-refractivity contribution in [3.8, 4) is 0 Å². The van der Waals surface area contributed by atoms with Gasteiger partial charge in [0.1, 0.15) is 6.61 Å². The van der Waals surface area contributed by atoms with Gasteiger partial charge in [0.05, 0.1) is 0 Å². The Hall–Kier alpha value is -1.55. The van der Waals surface area contributed by atoms with Gasteiger partial charge in [-0.2, -0.15) is 0 Å². The van der Waals surface area contributed by atoms with Crippen LogP contribution in [0.5, 0.6) is 0 Å². The second-order valence-electron chi connectivity index (χ2n) is 7.58. The second-order valence-corrected chi connectivity index (χ2v) is 7.58. The average molecular weight is 394 g/mol. The van der Waals surface area contributed by atoms with Crippen molar-refractivity contribution in [3.63, 3.8) is 0 Å². The Labute approximate surface area is 172 Å². The molecule has 0 unspecified atom stereocenters. The molecule has 0 atom stereocenters. The lowest BCUT2D eigenvalue weighted by atomic mass is 10.0. The molecule has 0 saturated heterocycles. The van der Waals surface area contributed by atoms with E-state index in [1.54, 1.807) is 0 Å². The predicted molar refractivity (Wildman–Crippen MR) is 119 cm³/mol. The van der Waals surface area contributed by atoms with Gasteiger partial charge >= 0.3 is 6.09 Å². The van der Waals surface area contributed by atoms with Crippen LogP contribution in [0.15, 0.2) is 30.3 Å². The molecule has 1 amide bonds. The molecule has 0 bridgehead atoms. The molecule has 0 heterocycles. The standard InChI is InChI=1S/C24H41NO2.H2O/c1-2-3-4-5-6-7-8-9-10-11-12-13-14-18-21-25-24(26)27-22-23-19-16-15-17-20-23;/h15-17,19-20H,2-14,18,21-22H2,1H3,(H,25,26);1H2. The highest BCUT2D eigenvalue weighted by molar-refractivity contribution is 5.67. The molecule has 0 aliphatic rings. The topological polar surface area (TPSA) is 69.8 Å². The van der Waals surface area contributed by atoms with E-state index in [2.05, 4.69) is 12.2 Å². The lowest BCUT2D eigenvalue weighted by molar-refractivity contribution is 0.139. The van der Waals surface area contributed by atoms with Gasteiger partial charge in [0.15, 0.2) is 0 Å². The SMILES string of the molecule is CCCCCCCCCCCCCCCCNC(=O)OCc1ccccc1.O. The van der Waals surface area contributed by atoms with E-state index in [0.717, 1.165) is 12.0 Å². The summed E-state index contributed by atoms with van der Waals surface area (Å²) in [6.07, 6.45) is 18.6.